The molecule has 3 heterocycles. The second-order valence-electron chi connectivity index (χ2n) is 11.4. The van der Waals surface area contributed by atoms with E-state index in [9.17, 15) is 50.4 Å². The zero-order valence-electron chi connectivity index (χ0n) is 26.2. The van der Waals surface area contributed by atoms with Gasteiger partial charge in [0.25, 0.3) is 0 Å². The Labute approximate surface area is 275 Å². The van der Waals surface area contributed by atoms with E-state index in [0.717, 1.165) is 18.9 Å². The Morgan fingerprint density at radius 2 is 1.50 bits per heavy atom. The van der Waals surface area contributed by atoms with Crippen LogP contribution in [-0.4, -0.2) is 147 Å². The average Bonchev–Trinajstić information content (AvgIpc) is 3.08. The topological polar surface area (TPSA) is 261 Å². The number of carbonyl (C=O) groups is 2. The fourth-order valence-corrected chi connectivity index (χ4v) is 5.47. The van der Waals surface area contributed by atoms with E-state index in [1.807, 2.05) is 0 Å². The summed E-state index contributed by atoms with van der Waals surface area (Å²) in [6.45, 7) is 0.335. The van der Waals surface area contributed by atoms with Crippen LogP contribution in [0.1, 0.15) is 18.9 Å². The van der Waals surface area contributed by atoms with Gasteiger partial charge in [-0.1, -0.05) is 18.2 Å². The molecule has 0 aliphatic carbocycles. The summed E-state index contributed by atoms with van der Waals surface area (Å²) in [6.07, 6.45) is -14.6. The first-order valence-corrected chi connectivity index (χ1v) is 15.2. The molecule has 0 radical (unpaired) electrons. The number of hydrogen-bond donors (Lipinski definition) is 8. The number of rotatable bonds is 12. The smallest absolute Gasteiger partial charge is 0.337 e. The van der Waals surface area contributed by atoms with Gasteiger partial charge in [-0.05, 0) is 31.0 Å². The van der Waals surface area contributed by atoms with Gasteiger partial charge in [-0.2, -0.15) is 0 Å². The van der Waals surface area contributed by atoms with Crippen LogP contribution >= 0.6 is 0 Å². The standard InChI is InChI=1S/C31H42O17/c1-3-16-17(18(28(41)42-2)12-45-29(16)48-31-27(40)24(37)22(35)19(11-32)46-31)10-21(34)44-13-20-23(36)25(38)26(39)30(47-20)43-9-8-14-4-6-15(33)7-5-14/h3-7,12,17,19-20,22-27,29-33,35-40H,8-11,13H2,1-2H3/b16-3+/t17?,19-,20-,22-,23-,24+,25+,26-,27-,29?,30-,31+/m1/s1. The van der Waals surface area contributed by atoms with E-state index in [-0.39, 0.29) is 23.5 Å². The lowest BCUT2D eigenvalue weighted by Gasteiger charge is -2.42. The Kier molecular flexibility index (Phi) is 13.3. The number of hydrogen-bond acceptors (Lipinski definition) is 17. The number of aliphatic hydroxyl groups is 7. The number of carbonyl (C=O) groups excluding carboxylic acids is 2. The summed E-state index contributed by atoms with van der Waals surface area (Å²) in [5.74, 6) is -2.69. The third-order valence-electron chi connectivity index (χ3n) is 8.29. The quantitative estimate of drug-likeness (QED) is 0.0834. The predicted molar refractivity (Wildman–Crippen MR) is 157 cm³/mol. The van der Waals surface area contributed by atoms with Crippen LogP contribution in [0.4, 0.5) is 0 Å². The minimum atomic E-state index is -1.75. The van der Waals surface area contributed by atoms with Gasteiger partial charge in [-0.15, -0.1) is 0 Å². The van der Waals surface area contributed by atoms with Crippen molar-refractivity contribution in [1.82, 2.24) is 0 Å². The second-order valence-corrected chi connectivity index (χ2v) is 11.4. The zero-order chi connectivity index (χ0) is 35.1. The van der Waals surface area contributed by atoms with Gasteiger partial charge in [0.2, 0.25) is 6.29 Å². The Bertz CT molecular complexity index is 1280. The molecule has 0 bridgehead atoms. The van der Waals surface area contributed by atoms with E-state index >= 15 is 0 Å². The molecule has 48 heavy (non-hydrogen) atoms. The molecule has 0 spiro atoms. The molecule has 268 valence electrons. The Morgan fingerprint density at radius 1 is 0.875 bits per heavy atom. The van der Waals surface area contributed by atoms with Gasteiger partial charge in [-0.3, -0.25) is 4.79 Å². The molecule has 3 aliphatic heterocycles. The number of aromatic hydroxyl groups is 1. The molecule has 0 saturated carbocycles. The highest BCUT2D eigenvalue weighted by Crippen LogP contribution is 2.36. The Hall–Kier alpha value is -3.20. The SMILES string of the molecule is C/C=C1/C(O[C@@H]2O[C@H](CO)[C@@H](O)[C@H](O)[C@H]2O)OC=C(C(=O)OC)C1CC(=O)OC[C@H]1O[C@@H](OCCc2ccc(O)cc2)[C@H](O)[C@@H](O)[C@@H]1O. The van der Waals surface area contributed by atoms with Crippen molar-refractivity contribution >= 4 is 11.9 Å². The van der Waals surface area contributed by atoms with Gasteiger partial charge < -0.3 is 74.0 Å². The third kappa shape index (κ3) is 8.68. The molecule has 1 aromatic rings. The molecule has 0 amide bonds. The van der Waals surface area contributed by atoms with Crippen LogP contribution in [0.2, 0.25) is 0 Å². The molecule has 4 rings (SSSR count). The lowest BCUT2D eigenvalue weighted by Crippen LogP contribution is -2.60. The van der Waals surface area contributed by atoms with Crippen molar-refractivity contribution in [2.24, 2.45) is 5.92 Å². The number of allylic oxidation sites excluding steroid dienone is 1. The van der Waals surface area contributed by atoms with E-state index < -0.39 is 105 Å². The Morgan fingerprint density at radius 3 is 2.12 bits per heavy atom. The Balaban J connectivity index is 1.39. The fourth-order valence-electron chi connectivity index (χ4n) is 5.47. The highest BCUT2D eigenvalue weighted by atomic mass is 16.8. The molecular weight excluding hydrogens is 644 g/mol. The van der Waals surface area contributed by atoms with Crippen molar-refractivity contribution in [3.05, 3.63) is 53.3 Å². The first kappa shape index (κ1) is 37.6. The summed E-state index contributed by atoms with van der Waals surface area (Å²) in [7, 11) is 1.12. The molecule has 2 fully saturated rings. The first-order chi connectivity index (χ1) is 22.9. The molecule has 17 heteroatoms. The number of benzene rings is 1. The van der Waals surface area contributed by atoms with Gasteiger partial charge in [0.05, 0.1) is 38.6 Å². The lowest BCUT2D eigenvalue weighted by atomic mass is 9.86. The maximum absolute atomic E-state index is 13.1. The van der Waals surface area contributed by atoms with Crippen LogP contribution < -0.4 is 0 Å². The predicted octanol–water partition coefficient (Wildman–Crippen LogP) is -2.52. The van der Waals surface area contributed by atoms with Crippen LogP contribution in [0.3, 0.4) is 0 Å². The van der Waals surface area contributed by atoms with Gasteiger partial charge in [0, 0.05) is 11.5 Å². The normalized spacial score (nSPS) is 36.2. The van der Waals surface area contributed by atoms with Crippen molar-refractivity contribution in [2.75, 3.05) is 26.9 Å². The molecular formula is C31H42O17. The van der Waals surface area contributed by atoms with Crippen molar-refractivity contribution in [3.63, 3.8) is 0 Å². The van der Waals surface area contributed by atoms with Crippen molar-refractivity contribution < 1.29 is 83.6 Å². The van der Waals surface area contributed by atoms with Crippen LogP contribution in [0.5, 0.6) is 5.75 Å². The lowest BCUT2D eigenvalue weighted by molar-refractivity contribution is -0.327. The summed E-state index contributed by atoms with van der Waals surface area (Å²) in [6, 6.07) is 6.37. The van der Waals surface area contributed by atoms with Crippen molar-refractivity contribution in [3.8, 4) is 5.75 Å². The van der Waals surface area contributed by atoms with Crippen LogP contribution in [-0.2, 0) is 49.2 Å². The van der Waals surface area contributed by atoms with E-state index in [1.165, 1.54) is 18.2 Å². The summed E-state index contributed by atoms with van der Waals surface area (Å²) in [5, 5.41) is 80.8. The third-order valence-corrected chi connectivity index (χ3v) is 8.29. The minimum absolute atomic E-state index is 0.0483. The second kappa shape index (κ2) is 17.0. The van der Waals surface area contributed by atoms with Crippen molar-refractivity contribution in [2.45, 2.75) is 87.5 Å². The number of esters is 2. The molecule has 8 N–H and O–H groups in total. The summed E-state index contributed by atoms with van der Waals surface area (Å²) in [4.78, 5) is 25.7. The first-order valence-electron chi connectivity index (χ1n) is 15.2. The minimum Gasteiger partial charge on any atom is -0.508 e. The average molecular weight is 687 g/mol. The zero-order valence-corrected chi connectivity index (χ0v) is 26.2. The molecule has 1 aromatic carbocycles. The van der Waals surface area contributed by atoms with E-state index in [4.69, 9.17) is 33.2 Å². The van der Waals surface area contributed by atoms with Gasteiger partial charge >= 0.3 is 11.9 Å². The molecule has 3 aliphatic rings. The maximum Gasteiger partial charge on any atom is 0.337 e. The monoisotopic (exact) mass is 686 g/mol. The van der Waals surface area contributed by atoms with Crippen molar-refractivity contribution in [1.29, 1.82) is 0 Å². The van der Waals surface area contributed by atoms with Crippen LogP contribution in [0.25, 0.3) is 0 Å². The summed E-state index contributed by atoms with van der Waals surface area (Å²) >= 11 is 0. The van der Waals surface area contributed by atoms with Gasteiger partial charge in [0.15, 0.2) is 12.6 Å². The number of aliphatic hydroxyl groups excluding tert-OH is 7. The number of phenolic OH excluding ortho intramolecular Hbond substituents is 1. The van der Waals surface area contributed by atoms with E-state index in [0.29, 0.717) is 6.42 Å². The highest BCUT2D eigenvalue weighted by molar-refractivity contribution is 5.90. The number of methoxy groups -OCH3 is 1. The molecule has 2 saturated heterocycles. The molecule has 2 unspecified atom stereocenters. The summed E-state index contributed by atoms with van der Waals surface area (Å²) < 4.78 is 38.0. The maximum atomic E-state index is 13.1. The van der Waals surface area contributed by atoms with Crippen LogP contribution in [0.15, 0.2) is 47.7 Å². The molecule has 17 nitrogen and oxygen atoms in total. The highest BCUT2D eigenvalue weighted by Gasteiger charge is 2.48. The fraction of sp³-hybridized carbons (Fsp3) is 0.613. The number of ether oxygens (including phenoxy) is 7. The van der Waals surface area contributed by atoms with Crippen LogP contribution in [0, 0.1) is 5.92 Å². The van der Waals surface area contributed by atoms with E-state index in [1.54, 1.807) is 19.1 Å². The number of phenols is 1. The molecule has 0 aromatic heterocycles. The summed E-state index contributed by atoms with van der Waals surface area (Å²) in [5.41, 5.74) is 0.922. The van der Waals surface area contributed by atoms with Gasteiger partial charge in [0.1, 0.15) is 61.2 Å². The largest absolute Gasteiger partial charge is 0.508 e. The van der Waals surface area contributed by atoms with E-state index in [2.05, 4.69) is 0 Å². The molecule has 12 atom stereocenters. The van der Waals surface area contributed by atoms with Gasteiger partial charge in [-0.25, -0.2) is 4.79 Å².